The molecule has 3 heterocycles. The Morgan fingerprint density at radius 1 is 1.20 bits per heavy atom. The van der Waals surface area contributed by atoms with Crippen LogP contribution in [0.3, 0.4) is 0 Å². The number of rotatable bonds is 8. The van der Waals surface area contributed by atoms with Crippen molar-refractivity contribution in [3.63, 3.8) is 0 Å². The maximum absolute atomic E-state index is 11.7. The van der Waals surface area contributed by atoms with Crippen LogP contribution in [0.1, 0.15) is 47.6 Å². The fourth-order valence-corrected chi connectivity index (χ4v) is 5.27. The summed E-state index contributed by atoms with van der Waals surface area (Å²) in [7, 11) is 3.06. The summed E-state index contributed by atoms with van der Waals surface area (Å²) in [4.78, 5) is 18.5. The number of nitrogens with one attached hydrogen (secondary N) is 1. The third-order valence-corrected chi connectivity index (χ3v) is 6.96. The number of aryl methyl sites for hydroxylation is 1. The van der Waals surface area contributed by atoms with Crippen LogP contribution in [0.4, 0.5) is 0 Å². The van der Waals surface area contributed by atoms with Gasteiger partial charge in [0.2, 0.25) is 0 Å². The summed E-state index contributed by atoms with van der Waals surface area (Å²) < 4.78 is 12.6. The van der Waals surface area contributed by atoms with Crippen molar-refractivity contribution >= 4 is 34.9 Å². The summed E-state index contributed by atoms with van der Waals surface area (Å²) in [6, 6.07) is 13.4. The van der Waals surface area contributed by atoms with Crippen LogP contribution in [0.25, 0.3) is 5.69 Å². The molecule has 0 saturated carbocycles. The highest BCUT2D eigenvalue weighted by Crippen LogP contribution is 2.42. The van der Waals surface area contributed by atoms with Crippen LogP contribution in [0.5, 0.6) is 5.75 Å². The zero-order valence-electron chi connectivity index (χ0n) is 20.2. The van der Waals surface area contributed by atoms with E-state index >= 15 is 0 Å². The number of hydrogen-bond donors (Lipinski definition) is 1. The number of methoxy groups -OCH3 is 2. The first-order valence-electron chi connectivity index (χ1n) is 11.4. The zero-order valence-corrected chi connectivity index (χ0v) is 21.8. The first-order chi connectivity index (χ1) is 16.8. The second-order valence-corrected chi connectivity index (χ2v) is 9.30. The van der Waals surface area contributed by atoms with E-state index in [1.165, 1.54) is 7.11 Å². The Kier molecular flexibility index (Phi) is 7.62. The van der Waals surface area contributed by atoms with Gasteiger partial charge in [-0.15, -0.1) is 0 Å². The topological polar surface area (TPSA) is 68.6 Å². The zero-order chi connectivity index (χ0) is 25.1. The lowest BCUT2D eigenvalue weighted by Gasteiger charge is -2.28. The van der Waals surface area contributed by atoms with Gasteiger partial charge in [0.05, 0.1) is 37.7 Å². The summed E-state index contributed by atoms with van der Waals surface area (Å²) in [5.74, 6) is 0.506. The number of pyridine rings is 1. The molecule has 0 radical (unpaired) electrons. The van der Waals surface area contributed by atoms with E-state index in [0.29, 0.717) is 29.5 Å². The summed E-state index contributed by atoms with van der Waals surface area (Å²) in [6.45, 7) is 4.76. The van der Waals surface area contributed by atoms with Crippen molar-refractivity contribution in [1.29, 1.82) is 0 Å². The van der Waals surface area contributed by atoms with Gasteiger partial charge in [0, 0.05) is 35.6 Å². The molecule has 1 N–H and O–H groups in total. The molecule has 1 saturated heterocycles. The minimum Gasteiger partial charge on any atom is -0.495 e. The van der Waals surface area contributed by atoms with E-state index in [1.54, 1.807) is 13.3 Å². The number of thiocarbonyl (C=S) groups is 1. The molecule has 0 amide bonds. The maximum Gasteiger partial charge on any atom is 0.305 e. The van der Waals surface area contributed by atoms with E-state index in [0.717, 1.165) is 34.1 Å². The lowest BCUT2D eigenvalue weighted by atomic mass is 9.96. The molecule has 0 unspecified atom stereocenters. The highest BCUT2D eigenvalue weighted by Gasteiger charge is 2.41. The number of nitrogens with zero attached hydrogens (tertiary/aromatic N) is 3. The van der Waals surface area contributed by atoms with Crippen LogP contribution in [-0.2, 0) is 9.53 Å². The Labute approximate surface area is 216 Å². The molecule has 1 fully saturated rings. The first kappa shape index (κ1) is 25.0. The molecular weight excluding hydrogens is 484 g/mol. The van der Waals surface area contributed by atoms with Gasteiger partial charge >= 0.3 is 5.97 Å². The Morgan fingerprint density at radius 3 is 2.69 bits per heavy atom. The third-order valence-electron chi connectivity index (χ3n) is 6.38. The number of halogens is 1. The van der Waals surface area contributed by atoms with Crippen LogP contribution >= 0.6 is 23.8 Å². The summed E-state index contributed by atoms with van der Waals surface area (Å²) in [5.41, 5.74) is 5.00. The molecule has 7 nitrogen and oxygen atoms in total. The fourth-order valence-electron chi connectivity index (χ4n) is 4.78. The second kappa shape index (κ2) is 10.7. The van der Waals surface area contributed by atoms with Crippen molar-refractivity contribution < 1.29 is 14.3 Å². The molecule has 0 aliphatic carbocycles. The van der Waals surface area contributed by atoms with Crippen molar-refractivity contribution in [1.82, 2.24) is 19.8 Å². The average Bonchev–Trinajstić information content (AvgIpc) is 3.34. The van der Waals surface area contributed by atoms with Crippen LogP contribution in [0, 0.1) is 13.8 Å². The summed E-state index contributed by atoms with van der Waals surface area (Å²) >= 11 is 12.1. The number of carbonyl (C=O) groups excluding carboxylic acids is 1. The van der Waals surface area contributed by atoms with Gasteiger partial charge in [-0.1, -0.05) is 17.7 Å². The van der Waals surface area contributed by atoms with E-state index in [2.05, 4.69) is 39.7 Å². The molecule has 4 rings (SSSR count). The van der Waals surface area contributed by atoms with Crippen LogP contribution in [0.2, 0.25) is 5.02 Å². The molecule has 184 valence electrons. The molecule has 0 spiro atoms. The molecular formula is C26H29ClN4O3S. The molecule has 9 heteroatoms. The van der Waals surface area contributed by atoms with E-state index in [-0.39, 0.29) is 18.1 Å². The number of aromatic nitrogens is 2. The highest BCUT2D eigenvalue weighted by atomic mass is 35.5. The fraction of sp³-hybridized carbons (Fsp3) is 0.346. The Morgan fingerprint density at radius 2 is 2.00 bits per heavy atom. The molecule has 1 aliphatic rings. The largest absolute Gasteiger partial charge is 0.495 e. The van der Waals surface area contributed by atoms with E-state index in [9.17, 15) is 4.79 Å². The van der Waals surface area contributed by atoms with Crippen molar-refractivity contribution in [2.75, 3.05) is 20.8 Å². The minimum absolute atomic E-state index is 0.111. The van der Waals surface area contributed by atoms with Crippen molar-refractivity contribution in [3.05, 3.63) is 76.3 Å². The molecule has 2 aromatic heterocycles. The molecule has 3 aromatic rings. The van der Waals surface area contributed by atoms with Gasteiger partial charge in [-0.25, -0.2) is 0 Å². The molecule has 1 aromatic carbocycles. The SMILES string of the molecule is COC(=O)CCCN1C(=S)N[C@H](c2ccccn2)[C@@H]1c1cc(C)n(-c2cc(Cl)ccc2OC)c1C. The van der Waals surface area contributed by atoms with Gasteiger partial charge in [0.25, 0.3) is 0 Å². The number of carbonyl (C=O) groups is 1. The van der Waals surface area contributed by atoms with Gasteiger partial charge in [-0.05, 0) is 74.4 Å². The molecule has 2 atom stereocenters. The van der Waals surface area contributed by atoms with E-state index < -0.39 is 0 Å². The van der Waals surface area contributed by atoms with Gasteiger partial charge < -0.3 is 24.3 Å². The summed E-state index contributed by atoms with van der Waals surface area (Å²) in [6.07, 6.45) is 2.74. The van der Waals surface area contributed by atoms with Gasteiger partial charge in [-0.2, -0.15) is 0 Å². The van der Waals surface area contributed by atoms with E-state index in [4.69, 9.17) is 33.3 Å². The lowest BCUT2D eigenvalue weighted by Crippen LogP contribution is -2.31. The average molecular weight is 513 g/mol. The van der Waals surface area contributed by atoms with Crippen LogP contribution in [0.15, 0.2) is 48.7 Å². The smallest absolute Gasteiger partial charge is 0.305 e. The number of esters is 1. The molecule has 0 bridgehead atoms. The Bertz CT molecular complexity index is 1230. The quantitative estimate of drug-likeness (QED) is 0.333. The summed E-state index contributed by atoms with van der Waals surface area (Å²) in [5, 5.41) is 4.75. The Balaban J connectivity index is 1.79. The van der Waals surface area contributed by atoms with Gasteiger partial charge in [0.15, 0.2) is 5.11 Å². The van der Waals surface area contributed by atoms with Crippen LogP contribution < -0.4 is 10.1 Å². The van der Waals surface area contributed by atoms with Crippen molar-refractivity contribution in [3.8, 4) is 11.4 Å². The normalized spacial score (nSPS) is 17.4. The minimum atomic E-state index is -0.230. The Hall–Kier alpha value is -3.10. The molecule has 1 aliphatic heterocycles. The number of benzene rings is 1. The van der Waals surface area contributed by atoms with Gasteiger partial charge in [0.1, 0.15) is 5.75 Å². The van der Waals surface area contributed by atoms with Crippen molar-refractivity contribution in [2.45, 2.75) is 38.8 Å². The number of hydrogen-bond acceptors (Lipinski definition) is 5. The second-order valence-electron chi connectivity index (χ2n) is 8.48. The highest BCUT2D eigenvalue weighted by molar-refractivity contribution is 7.80. The third kappa shape index (κ3) is 4.99. The first-order valence-corrected chi connectivity index (χ1v) is 12.2. The standard InChI is InChI=1S/C26H29ClN4O3S/c1-16-14-19(17(2)31(16)21-15-18(27)10-11-22(21)33-3)25-24(20-8-5-6-12-28-20)29-26(35)30(25)13-7-9-23(32)34-4/h5-6,8,10-12,14-15,24-25H,7,9,13H2,1-4H3,(H,29,35)/t24-,25+/m1/s1. The molecule has 35 heavy (non-hydrogen) atoms. The van der Waals surface area contributed by atoms with Gasteiger partial charge in [-0.3, -0.25) is 9.78 Å². The van der Waals surface area contributed by atoms with E-state index in [1.807, 2.05) is 36.4 Å². The monoisotopic (exact) mass is 512 g/mol. The lowest BCUT2D eigenvalue weighted by molar-refractivity contribution is -0.140. The van der Waals surface area contributed by atoms with Crippen molar-refractivity contribution in [2.24, 2.45) is 0 Å². The maximum atomic E-state index is 11.7. The number of ether oxygens (including phenoxy) is 2. The predicted octanol–water partition coefficient (Wildman–Crippen LogP) is 5.08. The predicted molar refractivity (Wildman–Crippen MR) is 140 cm³/mol. The van der Waals surface area contributed by atoms with Crippen LogP contribution in [-0.4, -0.2) is 46.3 Å².